The SMILES string of the molecule is CC1(C)[C@@]2(C)CC[C@]1(C(=O)NCCN)[C@@H](Br)C2=O. The molecule has 18 heavy (non-hydrogen) atoms. The fourth-order valence-electron chi connectivity index (χ4n) is 3.80. The van der Waals surface area contributed by atoms with Gasteiger partial charge in [0.2, 0.25) is 5.91 Å². The summed E-state index contributed by atoms with van der Waals surface area (Å²) in [6.07, 6.45) is 1.55. The van der Waals surface area contributed by atoms with Gasteiger partial charge in [-0.15, -0.1) is 0 Å². The van der Waals surface area contributed by atoms with Crippen molar-refractivity contribution < 1.29 is 9.59 Å². The Balaban J connectivity index is 2.43. The highest BCUT2D eigenvalue weighted by Crippen LogP contribution is 2.72. The van der Waals surface area contributed by atoms with Gasteiger partial charge in [-0.05, 0) is 18.3 Å². The topological polar surface area (TPSA) is 72.2 Å². The van der Waals surface area contributed by atoms with E-state index in [0.717, 1.165) is 12.8 Å². The Morgan fingerprint density at radius 3 is 2.50 bits per heavy atom. The molecular weight excluding hydrogens is 296 g/mol. The van der Waals surface area contributed by atoms with Crippen LogP contribution in [0.4, 0.5) is 0 Å². The van der Waals surface area contributed by atoms with Crippen molar-refractivity contribution in [3.05, 3.63) is 0 Å². The number of rotatable bonds is 3. The molecule has 0 aromatic heterocycles. The second-order valence-electron chi connectivity index (χ2n) is 6.20. The van der Waals surface area contributed by atoms with Gasteiger partial charge in [-0.3, -0.25) is 9.59 Å². The first-order chi connectivity index (χ1) is 8.25. The van der Waals surface area contributed by atoms with Gasteiger partial charge in [-0.25, -0.2) is 0 Å². The van der Waals surface area contributed by atoms with Crippen molar-refractivity contribution in [2.75, 3.05) is 13.1 Å². The minimum atomic E-state index is -0.631. The molecule has 0 unspecified atom stereocenters. The molecule has 0 saturated heterocycles. The number of Topliss-reactive ketones (excluding diaryl/α,β-unsaturated/α-hetero) is 1. The first-order valence-corrected chi connectivity index (χ1v) is 7.34. The van der Waals surface area contributed by atoms with E-state index in [0.29, 0.717) is 13.1 Å². The quantitative estimate of drug-likeness (QED) is 0.769. The van der Waals surface area contributed by atoms with Crippen LogP contribution in [0.15, 0.2) is 0 Å². The normalized spacial score (nSPS) is 41.2. The number of fused-ring (bicyclic) bond motifs is 2. The maximum atomic E-state index is 12.5. The van der Waals surface area contributed by atoms with Crippen molar-refractivity contribution in [1.82, 2.24) is 5.32 Å². The van der Waals surface area contributed by atoms with Crippen LogP contribution in [0.1, 0.15) is 33.6 Å². The highest BCUT2D eigenvalue weighted by molar-refractivity contribution is 9.10. The summed E-state index contributed by atoms with van der Waals surface area (Å²) in [4.78, 5) is 24.6. The summed E-state index contributed by atoms with van der Waals surface area (Å²) in [5.41, 5.74) is 4.07. The second-order valence-corrected chi connectivity index (χ2v) is 7.12. The zero-order valence-corrected chi connectivity index (χ0v) is 12.8. The number of carbonyl (C=O) groups is 2. The van der Waals surface area contributed by atoms with E-state index in [4.69, 9.17) is 5.73 Å². The first kappa shape index (κ1) is 14.0. The molecule has 2 aliphatic rings. The van der Waals surface area contributed by atoms with Crippen molar-refractivity contribution in [3.63, 3.8) is 0 Å². The van der Waals surface area contributed by atoms with Crippen molar-refractivity contribution in [2.24, 2.45) is 22.0 Å². The van der Waals surface area contributed by atoms with E-state index in [1.807, 2.05) is 20.8 Å². The van der Waals surface area contributed by atoms with Crippen molar-refractivity contribution in [3.8, 4) is 0 Å². The fraction of sp³-hybridized carbons (Fsp3) is 0.846. The van der Waals surface area contributed by atoms with E-state index in [1.54, 1.807) is 0 Å². The molecule has 0 spiro atoms. The summed E-state index contributed by atoms with van der Waals surface area (Å²) in [7, 11) is 0. The summed E-state index contributed by atoms with van der Waals surface area (Å²) in [6.45, 7) is 6.96. The number of hydrogen-bond acceptors (Lipinski definition) is 3. The number of amides is 1. The van der Waals surface area contributed by atoms with E-state index in [1.165, 1.54) is 0 Å². The zero-order valence-electron chi connectivity index (χ0n) is 11.2. The average molecular weight is 317 g/mol. The van der Waals surface area contributed by atoms with Crippen LogP contribution in [0.2, 0.25) is 0 Å². The Kier molecular flexibility index (Phi) is 3.14. The summed E-state index contributed by atoms with van der Waals surface area (Å²) < 4.78 is 0. The van der Waals surface area contributed by atoms with Gasteiger partial charge in [-0.2, -0.15) is 0 Å². The van der Waals surface area contributed by atoms with Crippen LogP contribution >= 0.6 is 15.9 Å². The summed E-state index contributed by atoms with van der Waals surface area (Å²) >= 11 is 3.48. The smallest absolute Gasteiger partial charge is 0.228 e. The Hall–Kier alpha value is -0.420. The molecule has 0 aromatic rings. The number of nitrogens with one attached hydrogen (secondary N) is 1. The summed E-state index contributed by atoms with van der Waals surface area (Å²) in [5, 5.41) is 2.87. The molecule has 2 saturated carbocycles. The van der Waals surface area contributed by atoms with Gasteiger partial charge in [0.1, 0.15) is 0 Å². The van der Waals surface area contributed by atoms with Crippen molar-refractivity contribution in [2.45, 2.75) is 38.4 Å². The molecule has 5 heteroatoms. The lowest BCUT2D eigenvalue weighted by Gasteiger charge is -2.39. The minimum Gasteiger partial charge on any atom is -0.354 e. The van der Waals surface area contributed by atoms with E-state index in [2.05, 4.69) is 21.2 Å². The number of nitrogens with two attached hydrogens (primary N) is 1. The molecule has 3 N–H and O–H groups in total. The molecule has 0 radical (unpaired) electrons. The third kappa shape index (κ3) is 1.29. The Morgan fingerprint density at radius 2 is 2.06 bits per heavy atom. The van der Waals surface area contributed by atoms with E-state index in [-0.39, 0.29) is 21.9 Å². The summed E-state index contributed by atoms with van der Waals surface area (Å²) in [6, 6.07) is 0. The van der Waals surface area contributed by atoms with Gasteiger partial charge in [0.05, 0.1) is 10.2 Å². The molecule has 2 bridgehead atoms. The highest BCUT2D eigenvalue weighted by Gasteiger charge is 2.76. The number of carbonyl (C=O) groups excluding carboxylic acids is 2. The highest BCUT2D eigenvalue weighted by atomic mass is 79.9. The summed E-state index contributed by atoms with van der Waals surface area (Å²) in [5.74, 6) is 0.135. The lowest BCUT2D eigenvalue weighted by molar-refractivity contribution is -0.135. The van der Waals surface area contributed by atoms with Crippen LogP contribution in [-0.4, -0.2) is 29.6 Å². The molecule has 1 amide bonds. The van der Waals surface area contributed by atoms with E-state index in [9.17, 15) is 9.59 Å². The Morgan fingerprint density at radius 1 is 1.44 bits per heavy atom. The molecule has 0 aromatic carbocycles. The maximum absolute atomic E-state index is 12.5. The maximum Gasteiger partial charge on any atom is 0.228 e. The first-order valence-electron chi connectivity index (χ1n) is 6.42. The van der Waals surface area contributed by atoms with Gasteiger partial charge >= 0.3 is 0 Å². The second kappa shape index (κ2) is 4.04. The third-order valence-corrected chi connectivity index (χ3v) is 6.75. The Labute approximate surface area is 116 Å². The van der Waals surface area contributed by atoms with Crippen LogP contribution in [0.3, 0.4) is 0 Å². The molecule has 2 aliphatic carbocycles. The van der Waals surface area contributed by atoms with Gasteiger partial charge in [0.25, 0.3) is 0 Å². The molecule has 3 atom stereocenters. The van der Waals surface area contributed by atoms with Crippen molar-refractivity contribution in [1.29, 1.82) is 0 Å². The molecule has 0 aliphatic heterocycles. The third-order valence-electron chi connectivity index (χ3n) is 5.56. The molecule has 2 rings (SSSR count). The predicted molar refractivity (Wildman–Crippen MR) is 73.3 cm³/mol. The molecule has 0 heterocycles. The molecule has 4 nitrogen and oxygen atoms in total. The lowest BCUT2D eigenvalue weighted by atomic mass is 9.64. The van der Waals surface area contributed by atoms with Gasteiger partial charge in [-0.1, -0.05) is 36.7 Å². The number of alkyl halides is 1. The van der Waals surface area contributed by atoms with Gasteiger partial charge in [0.15, 0.2) is 5.78 Å². The zero-order chi connectivity index (χ0) is 13.8. The lowest BCUT2D eigenvalue weighted by Crippen LogP contribution is -2.51. The monoisotopic (exact) mass is 316 g/mol. The van der Waals surface area contributed by atoms with E-state index < -0.39 is 10.8 Å². The van der Waals surface area contributed by atoms with Crippen LogP contribution in [-0.2, 0) is 9.59 Å². The van der Waals surface area contributed by atoms with Crippen molar-refractivity contribution >= 4 is 27.6 Å². The Bertz CT molecular complexity index is 410. The number of hydrogen-bond donors (Lipinski definition) is 2. The molecular formula is C13H21BrN2O2. The predicted octanol–water partition coefficient (Wildman–Crippen LogP) is 1.22. The fourth-order valence-corrected chi connectivity index (χ4v) is 5.31. The molecule has 102 valence electrons. The van der Waals surface area contributed by atoms with Crippen LogP contribution in [0.25, 0.3) is 0 Å². The van der Waals surface area contributed by atoms with Crippen LogP contribution < -0.4 is 11.1 Å². The minimum absolute atomic E-state index is 0.0330. The number of halogens is 1. The standard InChI is InChI=1S/C13H21BrN2O2/c1-11(2)12(3)4-5-13(11,8(14)9(12)17)10(18)16-7-6-15/h8H,4-7,15H2,1-3H3,(H,16,18)/t8-,12-,13+/m0/s1. The van der Waals surface area contributed by atoms with Crippen LogP contribution in [0, 0.1) is 16.2 Å². The van der Waals surface area contributed by atoms with Crippen LogP contribution in [0.5, 0.6) is 0 Å². The van der Waals surface area contributed by atoms with E-state index >= 15 is 0 Å². The average Bonchev–Trinajstić information content (AvgIpc) is 2.59. The van der Waals surface area contributed by atoms with Gasteiger partial charge in [0, 0.05) is 18.5 Å². The largest absolute Gasteiger partial charge is 0.354 e. The van der Waals surface area contributed by atoms with Gasteiger partial charge < -0.3 is 11.1 Å². The molecule has 2 fully saturated rings. The number of ketones is 1.